The molecule has 1 aromatic carbocycles. The maximum absolute atomic E-state index is 13.1. The second-order valence-corrected chi connectivity index (χ2v) is 11.5. The third kappa shape index (κ3) is 7.63. The van der Waals surface area contributed by atoms with Gasteiger partial charge in [0.15, 0.2) is 11.9 Å². The van der Waals surface area contributed by atoms with Crippen LogP contribution in [0.5, 0.6) is 0 Å². The van der Waals surface area contributed by atoms with Crippen molar-refractivity contribution in [1.82, 2.24) is 24.4 Å². The van der Waals surface area contributed by atoms with Crippen LogP contribution in [0.15, 0.2) is 61.0 Å². The van der Waals surface area contributed by atoms with E-state index in [2.05, 4.69) is 68.1 Å². The molecule has 0 atom stereocenters. The number of allylic oxidation sites excluding steroid dienone is 1. The van der Waals surface area contributed by atoms with E-state index in [1.54, 1.807) is 35.8 Å². The van der Waals surface area contributed by atoms with Gasteiger partial charge in [-0.2, -0.15) is 5.10 Å². The van der Waals surface area contributed by atoms with E-state index in [-0.39, 0.29) is 22.7 Å². The van der Waals surface area contributed by atoms with Crippen molar-refractivity contribution in [3.63, 3.8) is 0 Å². The molecule has 2 aromatic heterocycles. The lowest BCUT2D eigenvalue weighted by molar-refractivity contribution is -0.137. The Kier molecular flexibility index (Phi) is 9.63. The lowest BCUT2D eigenvalue weighted by Gasteiger charge is -2.46. The molecule has 0 saturated carbocycles. The maximum Gasteiger partial charge on any atom is 0.330 e. The molecule has 9 heteroatoms. The van der Waals surface area contributed by atoms with E-state index in [0.717, 1.165) is 36.5 Å². The lowest BCUT2D eigenvalue weighted by atomic mass is 9.87. The molecule has 214 valence electrons. The summed E-state index contributed by atoms with van der Waals surface area (Å²) in [5.41, 5.74) is 4.35. The molecule has 0 spiro atoms. The van der Waals surface area contributed by atoms with Gasteiger partial charge < -0.3 is 9.64 Å². The first-order valence-corrected chi connectivity index (χ1v) is 13.4. The summed E-state index contributed by atoms with van der Waals surface area (Å²) in [7, 11) is 2.13. The van der Waals surface area contributed by atoms with Gasteiger partial charge in [-0.15, -0.1) is 0 Å². The molecule has 4 rings (SSSR count). The van der Waals surface area contributed by atoms with Crippen molar-refractivity contribution in [2.24, 2.45) is 0 Å². The van der Waals surface area contributed by atoms with Gasteiger partial charge in [0.25, 0.3) is 0 Å². The summed E-state index contributed by atoms with van der Waals surface area (Å²) < 4.78 is 19.6. The summed E-state index contributed by atoms with van der Waals surface area (Å²) in [6.07, 6.45) is 5.49. The van der Waals surface area contributed by atoms with E-state index in [9.17, 15) is 14.0 Å². The van der Waals surface area contributed by atoms with Crippen LogP contribution in [0, 0.1) is 5.82 Å². The Bertz CT molecular complexity index is 1390. The number of carbonyl (C=O) groups is 2. The van der Waals surface area contributed by atoms with Crippen molar-refractivity contribution in [2.45, 2.75) is 52.5 Å². The van der Waals surface area contributed by atoms with Gasteiger partial charge in [-0.3, -0.25) is 9.69 Å². The molecule has 0 aliphatic carbocycles. The second kappa shape index (κ2) is 12.6. The number of aldehydes is 1. The summed E-state index contributed by atoms with van der Waals surface area (Å²) >= 11 is 0. The smallest absolute Gasteiger partial charge is 0.330 e. The van der Waals surface area contributed by atoms with Crippen LogP contribution in [0.3, 0.4) is 0 Å². The number of fused-ring (bicyclic) bond motifs is 1. The fraction of sp³-hybridized carbons (Fsp3) is 0.419. The largest absolute Gasteiger partial charge is 0.463 e. The zero-order chi connectivity index (χ0) is 29.7. The first-order valence-electron chi connectivity index (χ1n) is 13.4. The van der Waals surface area contributed by atoms with E-state index in [4.69, 9.17) is 4.74 Å². The molecule has 0 radical (unpaired) electrons. The van der Waals surface area contributed by atoms with E-state index >= 15 is 0 Å². The normalized spacial score (nSPS) is 15.6. The number of esters is 1. The number of benzene rings is 1. The molecule has 8 nitrogen and oxygen atoms in total. The third-order valence-electron chi connectivity index (χ3n) is 6.93. The number of hydrogen-bond donors (Lipinski definition) is 0. The Hall–Kier alpha value is -3.85. The van der Waals surface area contributed by atoms with Gasteiger partial charge in [-0.05, 0) is 69.6 Å². The van der Waals surface area contributed by atoms with Crippen molar-refractivity contribution in [3.8, 4) is 11.3 Å². The monoisotopic (exact) mass is 549 g/mol. The molecule has 1 saturated heterocycles. The highest BCUT2D eigenvalue weighted by molar-refractivity contribution is 5.82. The SMILES string of the molecule is C=C(/C=C/C(=O)OCC)N1CCN(C)C(C)(C)C1.CC(C)(C)c1cc(-c2ccc(F)cc2)nn2cc(C=O)nc12. The van der Waals surface area contributed by atoms with Crippen molar-refractivity contribution in [2.75, 3.05) is 33.3 Å². The summed E-state index contributed by atoms with van der Waals surface area (Å²) in [5, 5.41) is 4.49. The highest BCUT2D eigenvalue weighted by Gasteiger charge is 2.31. The quantitative estimate of drug-likeness (QED) is 0.179. The van der Waals surface area contributed by atoms with Gasteiger partial charge in [0.05, 0.1) is 18.5 Å². The topological polar surface area (TPSA) is 80.0 Å². The van der Waals surface area contributed by atoms with Crippen LogP contribution >= 0.6 is 0 Å². The fourth-order valence-electron chi connectivity index (χ4n) is 4.31. The molecule has 1 fully saturated rings. The predicted octanol–water partition coefficient (Wildman–Crippen LogP) is 5.29. The van der Waals surface area contributed by atoms with Crippen LogP contribution in [0.4, 0.5) is 4.39 Å². The zero-order valence-electron chi connectivity index (χ0n) is 24.6. The molecule has 0 bridgehead atoms. The summed E-state index contributed by atoms with van der Waals surface area (Å²) in [6.45, 7) is 19.7. The third-order valence-corrected chi connectivity index (χ3v) is 6.93. The number of nitrogens with zero attached hydrogens (tertiary/aromatic N) is 5. The lowest BCUT2D eigenvalue weighted by Crippen LogP contribution is -2.56. The molecule has 0 unspecified atom stereocenters. The number of halogens is 1. The van der Waals surface area contributed by atoms with Gasteiger partial charge in [-0.1, -0.05) is 27.4 Å². The van der Waals surface area contributed by atoms with Crippen LogP contribution < -0.4 is 0 Å². The molecule has 0 N–H and O–H groups in total. The van der Waals surface area contributed by atoms with Gasteiger partial charge in [0.1, 0.15) is 11.5 Å². The van der Waals surface area contributed by atoms with Crippen LogP contribution in [-0.4, -0.2) is 75.5 Å². The maximum atomic E-state index is 13.1. The molecule has 1 aliphatic rings. The molecule has 3 aromatic rings. The Morgan fingerprint density at radius 3 is 2.42 bits per heavy atom. The number of hydrogen-bond acceptors (Lipinski definition) is 7. The van der Waals surface area contributed by atoms with Crippen molar-refractivity contribution in [3.05, 3.63) is 78.0 Å². The number of ether oxygens (including phenoxy) is 1. The average molecular weight is 550 g/mol. The van der Waals surface area contributed by atoms with Crippen LogP contribution in [0.1, 0.15) is 57.6 Å². The average Bonchev–Trinajstić information content (AvgIpc) is 3.32. The summed E-state index contributed by atoms with van der Waals surface area (Å²) in [5.74, 6) is -0.598. The van der Waals surface area contributed by atoms with Crippen molar-refractivity contribution in [1.29, 1.82) is 0 Å². The summed E-state index contributed by atoms with van der Waals surface area (Å²) in [6, 6.07) is 8.14. The van der Waals surface area contributed by atoms with Gasteiger partial charge in [0.2, 0.25) is 0 Å². The number of aromatic nitrogens is 3. The second-order valence-electron chi connectivity index (χ2n) is 11.5. The molecule has 3 heterocycles. The minimum atomic E-state index is -0.313. The Morgan fingerprint density at radius 1 is 1.18 bits per heavy atom. The van der Waals surface area contributed by atoms with Crippen LogP contribution in [-0.2, 0) is 14.9 Å². The van der Waals surface area contributed by atoms with E-state index in [1.165, 1.54) is 18.2 Å². The van der Waals surface area contributed by atoms with E-state index in [1.807, 2.05) is 6.07 Å². The highest BCUT2D eigenvalue weighted by atomic mass is 19.1. The first-order chi connectivity index (χ1) is 18.7. The van der Waals surface area contributed by atoms with Crippen molar-refractivity contribution >= 4 is 17.9 Å². The van der Waals surface area contributed by atoms with Crippen molar-refractivity contribution < 1.29 is 18.7 Å². The zero-order valence-corrected chi connectivity index (χ0v) is 24.6. The number of piperazine rings is 1. The minimum absolute atomic E-state index is 0.124. The Balaban J connectivity index is 0.000000226. The van der Waals surface area contributed by atoms with Gasteiger partial charge in [0, 0.05) is 48.1 Å². The Labute approximate surface area is 236 Å². The number of imidazole rings is 1. The minimum Gasteiger partial charge on any atom is -0.463 e. The summed E-state index contributed by atoms with van der Waals surface area (Å²) in [4.78, 5) is 31.1. The molecule has 40 heavy (non-hydrogen) atoms. The van der Waals surface area contributed by atoms with E-state index < -0.39 is 0 Å². The van der Waals surface area contributed by atoms with Crippen LogP contribution in [0.2, 0.25) is 0 Å². The fourth-order valence-corrected chi connectivity index (χ4v) is 4.31. The standard InChI is InChI=1S/C17H16FN3O.C14H24N2O2/c1-17(2,3)14-8-15(11-4-6-12(18)7-5-11)20-21-9-13(10-22)19-16(14)21;1-6-18-13(17)8-7-12(2)16-10-9-15(5)14(3,4)11-16/h4-10H,1-3H3;7-8H,2,6,9-11H2,1,3-5H3/b;8-7+. The number of rotatable bonds is 6. The Morgan fingerprint density at radius 2 is 1.85 bits per heavy atom. The van der Waals surface area contributed by atoms with Gasteiger partial charge >= 0.3 is 5.97 Å². The number of carbonyl (C=O) groups excluding carboxylic acids is 2. The molecular weight excluding hydrogens is 509 g/mol. The molecule has 0 amide bonds. The molecule has 1 aliphatic heterocycles. The van der Waals surface area contributed by atoms with E-state index in [0.29, 0.717) is 29.9 Å². The van der Waals surface area contributed by atoms with Gasteiger partial charge in [-0.25, -0.2) is 18.7 Å². The first kappa shape index (κ1) is 30.7. The predicted molar refractivity (Wildman–Crippen MR) is 156 cm³/mol. The number of likely N-dealkylation sites (N-methyl/N-ethyl adjacent to an activating group) is 1. The highest BCUT2D eigenvalue weighted by Crippen LogP contribution is 2.29. The van der Waals surface area contributed by atoms with Crippen LogP contribution in [0.25, 0.3) is 16.9 Å². The molecular formula is C31H40FN5O3.